The van der Waals surface area contributed by atoms with Gasteiger partial charge in [-0.3, -0.25) is 4.90 Å². The lowest BCUT2D eigenvalue weighted by atomic mass is 10.0. The summed E-state index contributed by atoms with van der Waals surface area (Å²) in [5.74, 6) is 0. The van der Waals surface area contributed by atoms with Crippen molar-refractivity contribution in [3.05, 3.63) is 29.3 Å². The molecule has 0 saturated carbocycles. The Labute approximate surface area is 116 Å². The molecule has 3 nitrogen and oxygen atoms in total. The Hall–Kier alpha value is -1.06. The first-order chi connectivity index (χ1) is 9.04. The van der Waals surface area contributed by atoms with Crippen LogP contribution < -0.4 is 4.90 Å². The maximum atomic E-state index is 9.23. The molecule has 19 heavy (non-hydrogen) atoms. The zero-order chi connectivity index (χ0) is 14.0. The van der Waals surface area contributed by atoms with Crippen molar-refractivity contribution in [1.82, 2.24) is 4.90 Å². The van der Waals surface area contributed by atoms with Crippen LogP contribution in [-0.4, -0.2) is 48.8 Å². The van der Waals surface area contributed by atoms with E-state index in [0.717, 1.165) is 19.5 Å². The van der Waals surface area contributed by atoms with Crippen LogP contribution in [0.25, 0.3) is 0 Å². The van der Waals surface area contributed by atoms with E-state index in [9.17, 15) is 5.11 Å². The molecule has 2 rings (SSSR count). The minimum Gasteiger partial charge on any atom is -0.396 e. The number of hydrogen-bond donors (Lipinski definition) is 1. The molecule has 0 radical (unpaired) electrons. The normalized spacial score (nSPS) is 24.8. The molecule has 1 aliphatic heterocycles. The molecule has 1 saturated heterocycles. The van der Waals surface area contributed by atoms with Gasteiger partial charge in [-0.2, -0.15) is 0 Å². The van der Waals surface area contributed by atoms with Crippen molar-refractivity contribution in [2.24, 2.45) is 0 Å². The Morgan fingerprint density at radius 2 is 2.00 bits per heavy atom. The Morgan fingerprint density at radius 1 is 1.26 bits per heavy atom. The third kappa shape index (κ3) is 2.93. The molecule has 0 aliphatic carbocycles. The summed E-state index contributed by atoms with van der Waals surface area (Å²) >= 11 is 0. The average Bonchev–Trinajstić information content (AvgIpc) is 2.38. The zero-order valence-corrected chi connectivity index (χ0v) is 12.6. The molecule has 0 aromatic heterocycles. The first-order valence-electron chi connectivity index (χ1n) is 7.18. The van der Waals surface area contributed by atoms with Crippen LogP contribution in [0.2, 0.25) is 0 Å². The van der Waals surface area contributed by atoms with Gasteiger partial charge in [0.1, 0.15) is 0 Å². The largest absolute Gasteiger partial charge is 0.396 e. The first-order valence-corrected chi connectivity index (χ1v) is 7.18. The highest BCUT2D eigenvalue weighted by molar-refractivity contribution is 5.56. The van der Waals surface area contributed by atoms with Crippen LogP contribution in [0.5, 0.6) is 0 Å². The van der Waals surface area contributed by atoms with Crippen LogP contribution in [0.15, 0.2) is 18.2 Å². The van der Waals surface area contributed by atoms with Gasteiger partial charge in [0.25, 0.3) is 0 Å². The fourth-order valence-corrected chi connectivity index (χ4v) is 2.98. The number of hydrogen-bond acceptors (Lipinski definition) is 3. The molecule has 106 valence electrons. The van der Waals surface area contributed by atoms with Crippen molar-refractivity contribution in [2.45, 2.75) is 39.3 Å². The summed E-state index contributed by atoms with van der Waals surface area (Å²) in [4.78, 5) is 4.88. The molecule has 1 aromatic carbocycles. The van der Waals surface area contributed by atoms with Crippen LogP contribution >= 0.6 is 0 Å². The summed E-state index contributed by atoms with van der Waals surface area (Å²) in [7, 11) is 2.17. The minimum atomic E-state index is 0.266. The molecular formula is C16H26N2O. The molecule has 2 unspecified atom stereocenters. The second-order valence-corrected chi connectivity index (χ2v) is 5.80. The average molecular weight is 262 g/mol. The quantitative estimate of drug-likeness (QED) is 0.904. The van der Waals surface area contributed by atoms with Crippen molar-refractivity contribution in [2.75, 3.05) is 31.6 Å². The van der Waals surface area contributed by atoms with E-state index in [0.29, 0.717) is 12.1 Å². The summed E-state index contributed by atoms with van der Waals surface area (Å²) in [5, 5.41) is 9.23. The number of piperazine rings is 1. The lowest BCUT2D eigenvalue weighted by molar-refractivity contribution is 0.128. The number of likely N-dealkylation sites (N-methyl/N-ethyl adjacent to an activating group) is 1. The predicted molar refractivity (Wildman–Crippen MR) is 80.8 cm³/mol. The number of rotatable bonds is 3. The van der Waals surface area contributed by atoms with E-state index in [1.807, 2.05) is 0 Å². The topological polar surface area (TPSA) is 26.7 Å². The Kier molecular flexibility index (Phi) is 4.48. The van der Waals surface area contributed by atoms with Crippen molar-refractivity contribution in [3.63, 3.8) is 0 Å². The lowest BCUT2D eigenvalue weighted by Crippen LogP contribution is -2.56. The van der Waals surface area contributed by atoms with Gasteiger partial charge in [-0.15, -0.1) is 0 Å². The second-order valence-electron chi connectivity index (χ2n) is 5.80. The third-order valence-corrected chi connectivity index (χ3v) is 4.57. The van der Waals surface area contributed by atoms with Crippen molar-refractivity contribution in [1.29, 1.82) is 0 Å². The number of aryl methyl sites for hydroxylation is 1. The monoisotopic (exact) mass is 262 g/mol. The molecule has 1 heterocycles. The van der Waals surface area contributed by atoms with E-state index in [1.165, 1.54) is 16.8 Å². The molecule has 0 amide bonds. The number of aliphatic hydroxyl groups is 1. The molecule has 1 fully saturated rings. The molecule has 0 spiro atoms. The number of benzene rings is 1. The summed E-state index contributed by atoms with van der Waals surface area (Å²) in [6.45, 7) is 8.97. The number of aliphatic hydroxyl groups excluding tert-OH is 1. The van der Waals surface area contributed by atoms with Crippen molar-refractivity contribution in [3.8, 4) is 0 Å². The van der Waals surface area contributed by atoms with Gasteiger partial charge in [0.05, 0.1) is 0 Å². The smallest absolute Gasteiger partial charge is 0.0446 e. The van der Waals surface area contributed by atoms with E-state index < -0.39 is 0 Å². The van der Waals surface area contributed by atoms with Crippen LogP contribution in [0.1, 0.15) is 24.5 Å². The Balaban J connectivity index is 2.23. The van der Waals surface area contributed by atoms with Crippen molar-refractivity contribution >= 4 is 5.69 Å². The molecule has 1 N–H and O–H groups in total. The van der Waals surface area contributed by atoms with Gasteiger partial charge < -0.3 is 10.0 Å². The fourth-order valence-electron chi connectivity index (χ4n) is 2.98. The van der Waals surface area contributed by atoms with Crippen LogP contribution in [-0.2, 0) is 0 Å². The Bertz CT molecular complexity index is 433. The summed E-state index contributed by atoms with van der Waals surface area (Å²) in [6, 6.07) is 7.49. The Morgan fingerprint density at radius 3 is 2.68 bits per heavy atom. The maximum Gasteiger partial charge on any atom is 0.0446 e. The number of nitrogens with zero attached hydrogens (tertiary/aromatic N) is 2. The second kappa shape index (κ2) is 5.93. The molecule has 3 heteroatoms. The molecular weight excluding hydrogens is 236 g/mol. The maximum absolute atomic E-state index is 9.23. The first kappa shape index (κ1) is 14.4. The highest BCUT2D eigenvalue weighted by Gasteiger charge is 2.29. The standard InChI is InChI=1S/C16H26N2O/c1-12-6-5-7-16(14(12)3)18-10-13(2)17(4)15(11-18)8-9-19/h5-7,13,15,19H,8-11H2,1-4H3. The number of anilines is 1. The highest BCUT2D eigenvalue weighted by atomic mass is 16.3. The van der Waals surface area contributed by atoms with Gasteiger partial charge in [-0.05, 0) is 51.4 Å². The van der Waals surface area contributed by atoms with E-state index >= 15 is 0 Å². The predicted octanol–water partition coefficient (Wildman–Crippen LogP) is 2.19. The molecule has 1 aromatic rings. The van der Waals surface area contributed by atoms with E-state index in [1.54, 1.807) is 0 Å². The SMILES string of the molecule is Cc1cccc(N2CC(C)N(C)C(CCO)C2)c1C. The molecule has 1 aliphatic rings. The van der Waals surface area contributed by atoms with E-state index in [-0.39, 0.29) is 6.61 Å². The molecule has 2 atom stereocenters. The zero-order valence-electron chi connectivity index (χ0n) is 12.6. The van der Waals surface area contributed by atoms with Gasteiger partial charge in [0, 0.05) is 37.5 Å². The summed E-state index contributed by atoms with van der Waals surface area (Å²) < 4.78 is 0. The fraction of sp³-hybridized carbons (Fsp3) is 0.625. The van der Waals surface area contributed by atoms with Crippen LogP contribution in [0.4, 0.5) is 5.69 Å². The van der Waals surface area contributed by atoms with E-state index in [4.69, 9.17) is 0 Å². The van der Waals surface area contributed by atoms with Crippen molar-refractivity contribution < 1.29 is 5.11 Å². The lowest BCUT2D eigenvalue weighted by Gasteiger charge is -2.45. The van der Waals surface area contributed by atoms with Crippen LogP contribution in [0, 0.1) is 13.8 Å². The van der Waals surface area contributed by atoms with Crippen LogP contribution in [0.3, 0.4) is 0 Å². The summed E-state index contributed by atoms with van der Waals surface area (Å²) in [5.41, 5.74) is 4.08. The van der Waals surface area contributed by atoms with Gasteiger partial charge >= 0.3 is 0 Å². The van der Waals surface area contributed by atoms with Gasteiger partial charge in [-0.25, -0.2) is 0 Å². The van der Waals surface area contributed by atoms with Gasteiger partial charge in [-0.1, -0.05) is 12.1 Å². The summed E-state index contributed by atoms with van der Waals surface area (Å²) in [6.07, 6.45) is 0.849. The third-order valence-electron chi connectivity index (χ3n) is 4.57. The van der Waals surface area contributed by atoms with Gasteiger partial charge in [0.2, 0.25) is 0 Å². The van der Waals surface area contributed by atoms with Gasteiger partial charge in [0.15, 0.2) is 0 Å². The highest BCUT2D eigenvalue weighted by Crippen LogP contribution is 2.27. The van der Waals surface area contributed by atoms with E-state index in [2.05, 4.69) is 55.8 Å². The molecule has 0 bridgehead atoms. The minimum absolute atomic E-state index is 0.266.